The molecule has 0 aliphatic carbocycles. The molecule has 114 valence electrons. The zero-order chi connectivity index (χ0) is 15.4. The van der Waals surface area contributed by atoms with Gasteiger partial charge in [0.05, 0.1) is 4.92 Å². The van der Waals surface area contributed by atoms with Crippen LogP contribution in [0.2, 0.25) is 0 Å². The van der Waals surface area contributed by atoms with Crippen LogP contribution in [0, 0.1) is 10.1 Å². The lowest BCUT2D eigenvalue weighted by molar-refractivity contribution is -0.385. The maximum atomic E-state index is 10.6. The maximum absolute atomic E-state index is 10.6. The van der Waals surface area contributed by atoms with Crippen LogP contribution in [0.4, 0.5) is 17.5 Å². The van der Waals surface area contributed by atoms with E-state index in [2.05, 4.69) is 25.2 Å². The molecule has 8 heteroatoms. The van der Waals surface area contributed by atoms with Gasteiger partial charge in [0.1, 0.15) is 12.0 Å². The Kier molecular flexibility index (Phi) is 4.08. The third kappa shape index (κ3) is 3.27. The summed E-state index contributed by atoms with van der Waals surface area (Å²) in [6.07, 6.45) is 6.78. The highest BCUT2D eigenvalue weighted by molar-refractivity contribution is 5.42. The molecule has 0 saturated carbocycles. The minimum absolute atomic E-state index is 0.00601. The maximum Gasteiger partial charge on any atom is 0.287 e. The Labute approximate surface area is 127 Å². The molecule has 0 spiro atoms. The van der Waals surface area contributed by atoms with Crippen LogP contribution < -0.4 is 10.2 Å². The van der Waals surface area contributed by atoms with Gasteiger partial charge in [-0.25, -0.2) is 15.0 Å². The predicted octanol–water partition coefficient (Wildman–Crippen LogP) is 1.86. The van der Waals surface area contributed by atoms with E-state index in [-0.39, 0.29) is 11.7 Å². The molecule has 8 nitrogen and oxygen atoms in total. The summed E-state index contributed by atoms with van der Waals surface area (Å²) in [5.41, 5.74) is -0.00601. The van der Waals surface area contributed by atoms with Gasteiger partial charge in [-0.2, -0.15) is 0 Å². The Morgan fingerprint density at radius 3 is 2.77 bits per heavy atom. The van der Waals surface area contributed by atoms with Gasteiger partial charge in [-0.1, -0.05) is 0 Å². The topological polar surface area (TPSA) is 97.1 Å². The van der Waals surface area contributed by atoms with Crippen molar-refractivity contribution in [3.8, 4) is 0 Å². The molecule has 1 atom stereocenters. The van der Waals surface area contributed by atoms with E-state index < -0.39 is 4.92 Å². The van der Waals surface area contributed by atoms with Crippen LogP contribution in [0.5, 0.6) is 0 Å². The first-order chi connectivity index (χ1) is 10.7. The predicted molar refractivity (Wildman–Crippen MR) is 81.8 cm³/mol. The van der Waals surface area contributed by atoms with Crippen molar-refractivity contribution in [2.45, 2.75) is 18.9 Å². The van der Waals surface area contributed by atoms with Crippen LogP contribution in [-0.4, -0.2) is 39.0 Å². The molecule has 2 aromatic heterocycles. The summed E-state index contributed by atoms with van der Waals surface area (Å²) in [4.78, 5) is 24.9. The standard InChI is InChI=1S/C14H16N6O2/c21-20(22)12-4-5-13(17-9-12)18-11-3-1-8-19(10-11)14-15-6-2-7-16-14/h2,4-7,9,11H,1,3,8,10H2,(H,17,18)/t11-/m0/s1. The van der Waals surface area contributed by atoms with Gasteiger partial charge in [-0.05, 0) is 25.0 Å². The summed E-state index contributed by atoms with van der Waals surface area (Å²) in [6, 6.07) is 5.10. The van der Waals surface area contributed by atoms with Crippen LogP contribution in [0.15, 0.2) is 36.8 Å². The summed E-state index contributed by atoms with van der Waals surface area (Å²) in [7, 11) is 0. The highest BCUT2D eigenvalue weighted by Gasteiger charge is 2.21. The van der Waals surface area contributed by atoms with Crippen molar-refractivity contribution < 1.29 is 4.92 Å². The molecule has 3 heterocycles. The molecular formula is C14H16N6O2. The van der Waals surface area contributed by atoms with Gasteiger partial charge in [0, 0.05) is 37.6 Å². The number of hydrogen-bond donors (Lipinski definition) is 1. The number of nitro groups is 1. The molecule has 3 rings (SSSR count). The number of nitrogens with one attached hydrogen (secondary N) is 1. The van der Waals surface area contributed by atoms with E-state index in [9.17, 15) is 10.1 Å². The molecule has 1 aliphatic heterocycles. The molecule has 1 aliphatic rings. The van der Waals surface area contributed by atoms with E-state index in [0.29, 0.717) is 5.82 Å². The molecule has 0 aromatic carbocycles. The summed E-state index contributed by atoms with van der Waals surface area (Å²) in [5, 5.41) is 13.9. The Hall–Kier alpha value is -2.77. The van der Waals surface area contributed by atoms with Gasteiger partial charge in [0.2, 0.25) is 5.95 Å². The Morgan fingerprint density at radius 1 is 1.27 bits per heavy atom. The second-order valence-electron chi connectivity index (χ2n) is 5.14. The summed E-state index contributed by atoms with van der Waals surface area (Å²) >= 11 is 0. The molecule has 22 heavy (non-hydrogen) atoms. The quantitative estimate of drug-likeness (QED) is 0.679. The molecule has 1 fully saturated rings. The van der Waals surface area contributed by atoms with Crippen LogP contribution >= 0.6 is 0 Å². The monoisotopic (exact) mass is 300 g/mol. The van der Waals surface area contributed by atoms with Gasteiger partial charge in [-0.15, -0.1) is 0 Å². The minimum atomic E-state index is -0.453. The summed E-state index contributed by atoms with van der Waals surface area (Å²) < 4.78 is 0. The largest absolute Gasteiger partial charge is 0.366 e. The van der Waals surface area contributed by atoms with E-state index in [4.69, 9.17) is 0 Å². The molecule has 0 radical (unpaired) electrons. The Balaban J connectivity index is 1.64. The SMILES string of the molecule is O=[N+]([O-])c1ccc(N[C@H]2CCCN(c3ncccn3)C2)nc1. The third-order valence-electron chi connectivity index (χ3n) is 3.57. The van der Waals surface area contributed by atoms with Gasteiger partial charge in [0.15, 0.2) is 0 Å². The van der Waals surface area contributed by atoms with Crippen molar-refractivity contribution >= 4 is 17.5 Å². The zero-order valence-electron chi connectivity index (χ0n) is 11.9. The van der Waals surface area contributed by atoms with Crippen molar-refractivity contribution in [1.29, 1.82) is 0 Å². The number of rotatable bonds is 4. The van der Waals surface area contributed by atoms with Crippen molar-refractivity contribution in [1.82, 2.24) is 15.0 Å². The summed E-state index contributed by atoms with van der Waals surface area (Å²) in [5.74, 6) is 1.37. The molecule has 1 saturated heterocycles. The Morgan fingerprint density at radius 2 is 2.09 bits per heavy atom. The number of pyridine rings is 1. The average Bonchev–Trinajstić information content (AvgIpc) is 2.56. The number of anilines is 2. The van der Waals surface area contributed by atoms with Crippen LogP contribution in [-0.2, 0) is 0 Å². The van der Waals surface area contributed by atoms with Crippen molar-refractivity contribution in [3.63, 3.8) is 0 Å². The highest BCUT2D eigenvalue weighted by Crippen LogP contribution is 2.19. The third-order valence-corrected chi connectivity index (χ3v) is 3.57. The second-order valence-corrected chi connectivity index (χ2v) is 5.14. The highest BCUT2D eigenvalue weighted by atomic mass is 16.6. The average molecular weight is 300 g/mol. The molecular weight excluding hydrogens is 284 g/mol. The van der Waals surface area contributed by atoms with Crippen molar-refractivity contribution in [2.75, 3.05) is 23.3 Å². The van der Waals surface area contributed by atoms with E-state index >= 15 is 0 Å². The van der Waals surface area contributed by atoms with Crippen LogP contribution in [0.1, 0.15) is 12.8 Å². The normalized spacial score (nSPS) is 18.0. The van der Waals surface area contributed by atoms with Gasteiger partial charge >= 0.3 is 0 Å². The van der Waals surface area contributed by atoms with E-state index in [1.165, 1.54) is 12.3 Å². The smallest absolute Gasteiger partial charge is 0.287 e. The lowest BCUT2D eigenvalue weighted by Gasteiger charge is -2.33. The fourth-order valence-electron chi connectivity index (χ4n) is 2.52. The number of nitrogens with zero attached hydrogens (tertiary/aromatic N) is 5. The van der Waals surface area contributed by atoms with E-state index in [1.807, 2.05) is 0 Å². The first-order valence-electron chi connectivity index (χ1n) is 7.11. The van der Waals surface area contributed by atoms with E-state index in [0.717, 1.165) is 31.9 Å². The van der Waals surface area contributed by atoms with Gasteiger partial charge < -0.3 is 10.2 Å². The number of hydrogen-bond acceptors (Lipinski definition) is 7. The first kappa shape index (κ1) is 14.2. The van der Waals surface area contributed by atoms with Crippen molar-refractivity contribution in [3.05, 3.63) is 46.9 Å². The lowest BCUT2D eigenvalue weighted by atomic mass is 10.1. The Bertz CT molecular complexity index is 634. The molecule has 0 amide bonds. The van der Waals surface area contributed by atoms with Crippen LogP contribution in [0.3, 0.4) is 0 Å². The van der Waals surface area contributed by atoms with Gasteiger partial charge in [0.25, 0.3) is 5.69 Å². The van der Waals surface area contributed by atoms with Crippen LogP contribution in [0.25, 0.3) is 0 Å². The number of aromatic nitrogens is 3. The van der Waals surface area contributed by atoms with Crippen molar-refractivity contribution in [2.24, 2.45) is 0 Å². The zero-order valence-corrected chi connectivity index (χ0v) is 11.9. The lowest BCUT2D eigenvalue weighted by Crippen LogP contribution is -2.43. The fourth-order valence-corrected chi connectivity index (χ4v) is 2.52. The molecule has 0 bridgehead atoms. The molecule has 1 N–H and O–H groups in total. The first-order valence-corrected chi connectivity index (χ1v) is 7.11. The fraction of sp³-hybridized carbons (Fsp3) is 0.357. The molecule has 0 unspecified atom stereocenters. The minimum Gasteiger partial charge on any atom is -0.366 e. The number of piperidine rings is 1. The molecule has 2 aromatic rings. The second kappa shape index (κ2) is 6.33. The van der Waals surface area contributed by atoms with E-state index in [1.54, 1.807) is 24.5 Å². The summed E-state index contributed by atoms with van der Waals surface area (Å²) in [6.45, 7) is 1.71. The van der Waals surface area contributed by atoms with Gasteiger partial charge in [-0.3, -0.25) is 10.1 Å².